The predicted molar refractivity (Wildman–Crippen MR) is 89.3 cm³/mol. The minimum atomic E-state index is -2.60. The first kappa shape index (κ1) is 18.3. The number of pyridine rings is 1. The second-order valence-electron chi connectivity index (χ2n) is 4.67. The van der Waals surface area contributed by atoms with Crippen LogP contribution in [0.2, 0.25) is 5.15 Å². The van der Waals surface area contributed by atoms with E-state index >= 15 is 0 Å². The van der Waals surface area contributed by atoms with Crippen LogP contribution in [-0.4, -0.2) is 26.3 Å². The van der Waals surface area contributed by atoms with Crippen LogP contribution < -0.4 is 4.31 Å². The summed E-state index contributed by atoms with van der Waals surface area (Å²) < 4.78 is 41.2. The summed E-state index contributed by atoms with van der Waals surface area (Å²) in [5.41, 5.74) is 0.433. The van der Waals surface area contributed by atoms with Crippen LogP contribution in [0.1, 0.15) is 23.0 Å². The number of benzene rings is 1. The molecule has 0 aliphatic rings. The van der Waals surface area contributed by atoms with Crippen LogP contribution in [0.4, 0.5) is 15.8 Å². The maximum Gasteiger partial charge on any atom is 0.338 e. The molecular weight excluding hydrogens is 359 g/mol. The maximum atomic E-state index is 14.4. The Balaban J connectivity index is 2.49. The second-order valence-corrected chi connectivity index (χ2v) is 5.86. The predicted octanol–water partition coefficient (Wildman–Crippen LogP) is 3.63. The monoisotopic (exact) mass is 372 g/mol. The average molecular weight is 373 g/mol. The molecule has 0 bridgehead atoms. The van der Waals surface area contributed by atoms with E-state index in [4.69, 9.17) is 16.3 Å². The normalized spacial score (nSPS) is 11.9. The Morgan fingerprint density at radius 2 is 2.04 bits per heavy atom. The summed E-state index contributed by atoms with van der Waals surface area (Å²) in [5, 5.41) is -0.0498. The molecule has 0 amide bonds. The fourth-order valence-corrected chi connectivity index (χ4v) is 2.94. The molecule has 1 aromatic heterocycles. The summed E-state index contributed by atoms with van der Waals surface area (Å²) in [6.45, 7) is 3.48. The van der Waals surface area contributed by atoms with Gasteiger partial charge in [-0.2, -0.15) is 0 Å². The van der Waals surface area contributed by atoms with Gasteiger partial charge in [-0.25, -0.2) is 22.7 Å². The van der Waals surface area contributed by atoms with Crippen molar-refractivity contribution in [3.63, 3.8) is 0 Å². The highest BCUT2D eigenvalue weighted by atomic mass is 35.5. The zero-order valence-corrected chi connectivity index (χ0v) is 14.4. The Hall–Kier alpha value is -2.03. The topological polar surface area (TPSA) is 79.7 Å². The summed E-state index contributed by atoms with van der Waals surface area (Å²) in [4.78, 5) is 15.6. The lowest BCUT2D eigenvalue weighted by atomic mass is 10.2. The number of aryl methyl sites for hydroxylation is 1. The Morgan fingerprint density at radius 3 is 2.58 bits per heavy atom. The Kier molecular flexibility index (Phi) is 5.87. The van der Waals surface area contributed by atoms with Gasteiger partial charge < -0.3 is 4.74 Å². The van der Waals surface area contributed by atoms with Crippen LogP contribution in [0.5, 0.6) is 0 Å². The van der Waals surface area contributed by atoms with Gasteiger partial charge in [0.1, 0.15) is 5.82 Å². The van der Waals surface area contributed by atoms with Crippen molar-refractivity contribution in [2.24, 2.45) is 0 Å². The van der Waals surface area contributed by atoms with Gasteiger partial charge in [0.15, 0.2) is 5.15 Å². The van der Waals surface area contributed by atoms with Gasteiger partial charge in [0.2, 0.25) is 0 Å². The number of carbonyl (C=O) groups excluding carboxylic acids is 1. The molecule has 2 aromatic rings. The highest BCUT2D eigenvalue weighted by Crippen LogP contribution is 2.34. The molecule has 0 aliphatic carbocycles. The summed E-state index contributed by atoms with van der Waals surface area (Å²) in [6.07, 6.45) is 0. The number of rotatable bonds is 5. The summed E-state index contributed by atoms with van der Waals surface area (Å²) in [7, 11) is 0. The van der Waals surface area contributed by atoms with E-state index in [-0.39, 0.29) is 28.7 Å². The number of aromatic nitrogens is 1. The first-order chi connectivity index (χ1) is 11.3. The number of hydrogen-bond donors (Lipinski definition) is 1. The van der Waals surface area contributed by atoms with E-state index in [1.165, 1.54) is 18.2 Å². The van der Waals surface area contributed by atoms with E-state index in [9.17, 15) is 17.9 Å². The average Bonchev–Trinajstić information content (AvgIpc) is 2.51. The third-order valence-electron chi connectivity index (χ3n) is 3.02. The molecule has 2 rings (SSSR count). The number of carbonyl (C=O) groups is 1. The van der Waals surface area contributed by atoms with Crippen LogP contribution in [0.3, 0.4) is 0 Å². The van der Waals surface area contributed by atoms with E-state index in [1.54, 1.807) is 19.9 Å². The van der Waals surface area contributed by atoms with Crippen LogP contribution in [0, 0.1) is 12.7 Å². The minimum Gasteiger partial charge on any atom is -0.462 e. The molecule has 1 aromatic carbocycles. The van der Waals surface area contributed by atoms with Crippen LogP contribution in [-0.2, 0) is 16.0 Å². The van der Waals surface area contributed by atoms with Crippen molar-refractivity contribution in [1.82, 2.24) is 4.98 Å². The number of hydrogen-bond acceptors (Lipinski definition) is 4. The van der Waals surface area contributed by atoms with Crippen molar-refractivity contribution in [2.45, 2.75) is 13.8 Å². The number of halogens is 2. The van der Waals surface area contributed by atoms with Crippen molar-refractivity contribution in [3.05, 3.63) is 52.6 Å². The molecule has 0 saturated carbocycles. The van der Waals surface area contributed by atoms with E-state index in [0.717, 1.165) is 10.4 Å². The molecule has 1 N–H and O–H groups in total. The third kappa shape index (κ3) is 3.89. The van der Waals surface area contributed by atoms with E-state index in [2.05, 4.69) is 4.98 Å². The highest BCUT2D eigenvalue weighted by molar-refractivity contribution is 7.81. The Morgan fingerprint density at radius 1 is 1.38 bits per heavy atom. The van der Waals surface area contributed by atoms with Gasteiger partial charge in [-0.3, -0.25) is 4.55 Å². The summed E-state index contributed by atoms with van der Waals surface area (Å²) in [5.74, 6) is -1.56. The molecule has 0 radical (unpaired) electrons. The number of anilines is 2. The van der Waals surface area contributed by atoms with Crippen molar-refractivity contribution in [3.8, 4) is 0 Å². The van der Waals surface area contributed by atoms with Crippen LogP contribution >= 0.6 is 11.6 Å². The fourth-order valence-electron chi connectivity index (χ4n) is 1.98. The minimum absolute atomic E-state index is 0.00472. The van der Waals surface area contributed by atoms with Crippen molar-refractivity contribution < 1.29 is 22.7 Å². The molecule has 1 heterocycles. The lowest BCUT2D eigenvalue weighted by Gasteiger charge is -2.21. The van der Waals surface area contributed by atoms with Gasteiger partial charge in [0, 0.05) is 5.69 Å². The van der Waals surface area contributed by atoms with Gasteiger partial charge >= 0.3 is 5.97 Å². The van der Waals surface area contributed by atoms with E-state index < -0.39 is 23.1 Å². The van der Waals surface area contributed by atoms with Crippen molar-refractivity contribution >= 4 is 40.2 Å². The van der Waals surface area contributed by atoms with Gasteiger partial charge in [0.25, 0.3) is 11.3 Å². The van der Waals surface area contributed by atoms with Gasteiger partial charge in [-0.05, 0) is 44.2 Å². The fraction of sp³-hybridized carbons (Fsp3) is 0.200. The molecule has 6 nitrogen and oxygen atoms in total. The largest absolute Gasteiger partial charge is 0.462 e. The standard InChI is InChI=1S/C15H14ClFN2O4S/c1-3-23-15(20)10-5-7-12(11(17)8-10)19(24(21)22)13-6-4-9(2)18-14(13)16/h4-8H,3H2,1-2H3,(H,21,22). The van der Waals surface area contributed by atoms with Crippen molar-refractivity contribution in [2.75, 3.05) is 10.9 Å². The Bertz CT molecular complexity index is 803. The quantitative estimate of drug-likeness (QED) is 0.492. The van der Waals surface area contributed by atoms with E-state index in [0.29, 0.717) is 5.69 Å². The maximum absolute atomic E-state index is 14.4. The molecule has 128 valence electrons. The smallest absolute Gasteiger partial charge is 0.338 e. The highest BCUT2D eigenvalue weighted by Gasteiger charge is 2.23. The molecule has 0 aliphatic heterocycles. The first-order valence-corrected chi connectivity index (χ1v) is 8.30. The molecule has 0 fully saturated rings. The SMILES string of the molecule is CCOC(=O)c1ccc(N(c2ccc(C)nc2Cl)S(=O)O)c(F)c1. The first-order valence-electron chi connectivity index (χ1n) is 6.86. The Labute approximate surface area is 145 Å². The van der Waals surface area contributed by atoms with Crippen molar-refractivity contribution in [1.29, 1.82) is 0 Å². The molecule has 9 heteroatoms. The zero-order chi connectivity index (χ0) is 17.9. The molecule has 1 unspecified atom stereocenters. The van der Waals surface area contributed by atoms with Gasteiger partial charge in [-0.1, -0.05) is 11.6 Å². The molecule has 0 saturated heterocycles. The van der Waals surface area contributed by atoms with Crippen LogP contribution in [0.25, 0.3) is 0 Å². The molecular formula is C15H14ClFN2O4S. The lowest BCUT2D eigenvalue weighted by Crippen LogP contribution is -2.21. The van der Waals surface area contributed by atoms with Gasteiger partial charge in [-0.15, -0.1) is 0 Å². The zero-order valence-electron chi connectivity index (χ0n) is 12.8. The lowest BCUT2D eigenvalue weighted by molar-refractivity contribution is 0.0526. The number of esters is 1. The third-order valence-corrected chi connectivity index (χ3v) is 4.00. The van der Waals surface area contributed by atoms with E-state index in [1.807, 2.05) is 0 Å². The summed E-state index contributed by atoms with van der Waals surface area (Å²) in [6, 6.07) is 6.46. The number of ether oxygens (including phenoxy) is 1. The van der Waals surface area contributed by atoms with Gasteiger partial charge in [0.05, 0.1) is 23.5 Å². The molecule has 24 heavy (non-hydrogen) atoms. The second kappa shape index (κ2) is 7.69. The number of nitrogens with zero attached hydrogens (tertiary/aromatic N) is 2. The molecule has 0 spiro atoms. The van der Waals surface area contributed by atoms with Crippen LogP contribution in [0.15, 0.2) is 30.3 Å². The summed E-state index contributed by atoms with van der Waals surface area (Å²) >= 11 is 3.40. The molecule has 1 atom stereocenters.